The van der Waals surface area contributed by atoms with E-state index >= 15 is 0 Å². The fraction of sp³-hybridized carbons (Fsp3) is 0.222. The molecule has 0 atom stereocenters. The predicted molar refractivity (Wildman–Crippen MR) is 98.8 cm³/mol. The van der Waals surface area contributed by atoms with Crippen LogP contribution in [0.4, 0.5) is 5.82 Å². The van der Waals surface area contributed by atoms with Crippen LogP contribution in [-0.2, 0) is 6.54 Å². The first kappa shape index (κ1) is 16.5. The second kappa shape index (κ2) is 7.05. The maximum Gasteiger partial charge on any atom is 0.162 e. The van der Waals surface area contributed by atoms with E-state index in [1.165, 1.54) is 0 Å². The quantitative estimate of drug-likeness (QED) is 0.705. The number of anilines is 1. The number of nitrogens with zero attached hydrogens (tertiary/aromatic N) is 2. The molecule has 0 amide bonds. The molecule has 0 saturated heterocycles. The third-order valence-corrected chi connectivity index (χ3v) is 4.16. The lowest BCUT2D eigenvalue weighted by molar-refractivity contribution is 0.356. The molecule has 1 heterocycles. The molecule has 1 N–H and O–H groups in total. The molecule has 0 aliphatic rings. The number of hydrogen-bond acceptors (Lipinski definition) is 5. The number of ether oxygens (including phenoxy) is 2. The van der Waals surface area contributed by atoms with Crippen molar-refractivity contribution in [3.63, 3.8) is 0 Å². The second-order valence-electron chi connectivity index (χ2n) is 5.33. The highest BCUT2D eigenvalue weighted by Gasteiger charge is 2.12. The zero-order valence-electron chi connectivity index (χ0n) is 13.8. The van der Waals surface area contributed by atoms with E-state index in [4.69, 9.17) is 9.47 Å². The topological polar surface area (TPSA) is 56.3 Å². The van der Waals surface area contributed by atoms with Gasteiger partial charge in [-0.1, -0.05) is 28.1 Å². The van der Waals surface area contributed by atoms with Gasteiger partial charge in [0.2, 0.25) is 0 Å². The van der Waals surface area contributed by atoms with Gasteiger partial charge in [-0.05, 0) is 30.7 Å². The summed E-state index contributed by atoms with van der Waals surface area (Å²) in [5.41, 5.74) is 1.98. The molecule has 1 aromatic heterocycles. The summed E-state index contributed by atoms with van der Waals surface area (Å²) < 4.78 is 11.8. The molecule has 6 heteroatoms. The summed E-state index contributed by atoms with van der Waals surface area (Å²) in [7, 11) is 3.23. The SMILES string of the molecule is COc1cc2nc(C)nc(NCc3cccc(Br)c3)c2cc1OC. The Labute approximate surface area is 149 Å². The predicted octanol–water partition coefficient (Wildman–Crippen LogP) is 4.33. The molecule has 0 saturated carbocycles. The van der Waals surface area contributed by atoms with Crippen LogP contribution in [0, 0.1) is 6.92 Å². The lowest BCUT2D eigenvalue weighted by atomic mass is 10.2. The summed E-state index contributed by atoms with van der Waals surface area (Å²) in [6.45, 7) is 2.54. The lowest BCUT2D eigenvalue weighted by Crippen LogP contribution is -2.04. The summed E-state index contributed by atoms with van der Waals surface area (Å²) in [6.07, 6.45) is 0. The number of rotatable bonds is 5. The van der Waals surface area contributed by atoms with Gasteiger partial charge in [-0.2, -0.15) is 0 Å². The van der Waals surface area contributed by atoms with E-state index in [9.17, 15) is 0 Å². The largest absolute Gasteiger partial charge is 0.493 e. The zero-order chi connectivity index (χ0) is 17.1. The fourth-order valence-corrected chi connectivity index (χ4v) is 2.99. The lowest BCUT2D eigenvalue weighted by Gasteiger charge is -2.13. The van der Waals surface area contributed by atoms with E-state index in [2.05, 4.69) is 43.3 Å². The van der Waals surface area contributed by atoms with Crippen LogP contribution in [0.5, 0.6) is 11.5 Å². The minimum absolute atomic E-state index is 0.654. The van der Waals surface area contributed by atoms with E-state index in [0.29, 0.717) is 23.9 Å². The molecule has 0 aliphatic heterocycles. The van der Waals surface area contributed by atoms with Crippen LogP contribution in [-0.4, -0.2) is 24.2 Å². The average Bonchev–Trinajstić information content (AvgIpc) is 2.58. The highest BCUT2D eigenvalue weighted by atomic mass is 79.9. The third-order valence-electron chi connectivity index (χ3n) is 3.66. The van der Waals surface area contributed by atoms with Gasteiger partial charge in [-0.25, -0.2) is 9.97 Å². The first-order chi connectivity index (χ1) is 11.6. The van der Waals surface area contributed by atoms with Gasteiger partial charge in [0.25, 0.3) is 0 Å². The number of aryl methyl sites for hydroxylation is 1. The van der Waals surface area contributed by atoms with Gasteiger partial charge in [-0.15, -0.1) is 0 Å². The third kappa shape index (κ3) is 3.43. The Morgan fingerprint density at radius 2 is 1.79 bits per heavy atom. The Kier molecular flexibility index (Phi) is 4.85. The first-order valence-electron chi connectivity index (χ1n) is 7.49. The number of methoxy groups -OCH3 is 2. The molecular formula is C18H18BrN3O2. The van der Waals surface area contributed by atoms with Crippen LogP contribution in [0.25, 0.3) is 10.9 Å². The Balaban J connectivity index is 2.00. The van der Waals surface area contributed by atoms with E-state index in [1.54, 1.807) is 14.2 Å². The molecule has 0 radical (unpaired) electrons. The number of halogens is 1. The summed E-state index contributed by atoms with van der Waals surface area (Å²) in [5.74, 6) is 2.79. The number of aromatic nitrogens is 2. The normalized spacial score (nSPS) is 10.7. The molecule has 0 aliphatic carbocycles. The highest BCUT2D eigenvalue weighted by molar-refractivity contribution is 9.10. The van der Waals surface area contributed by atoms with E-state index in [1.807, 2.05) is 31.2 Å². The standard InChI is InChI=1S/C18H18BrN3O2/c1-11-21-15-9-17(24-3)16(23-2)8-14(15)18(22-11)20-10-12-5-4-6-13(19)7-12/h4-9H,10H2,1-3H3,(H,20,21,22). The van der Waals surface area contributed by atoms with Crippen molar-refractivity contribution in [3.05, 3.63) is 52.3 Å². The van der Waals surface area contributed by atoms with Gasteiger partial charge in [0.15, 0.2) is 11.5 Å². The van der Waals surface area contributed by atoms with Gasteiger partial charge >= 0.3 is 0 Å². The number of nitrogens with one attached hydrogen (secondary N) is 1. The van der Waals surface area contributed by atoms with Crippen molar-refractivity contribution in [2.45, 2.75) is 13.5 Å². The van der Waals surface area contributed by atoms with Crippen LogP contribution in [0.2, 0.25) is 0 Å². The summed E-state index contributed by atoms with van der Waals surface area (Å²) in [6, 6.07) is 11.9. The summed E-state index contributed by atoms with van der Waals surface area (Å²) in [4.78, 5) is 9.03. The number of hydrogen-bond donors (Lipinski definition) is 1. The van der Waals surface area contributed by atoms with E-state index in [-0.39, 0.29) is 0 Å². The molecule has 5 nitrogen and oxygen atoms in total. The van der Waals surface area contributed by atoms with Crippen molar-refractivity contribution in [1.29, 1.82) is 0 Å². The second-order valence-corrected chi connectivity index (χ2v) is 6.24. The summed E-state index contributed by atoms with van der Waals surface area (Å²) in [5, 5.41) is 4.29. The van der Waals surface area contributed by atoms with Gasteiger partial charge in [0, 0.05) is 22.5 Å². The van der Waals surface area contributed by atoms with Crippen LogP contribution in [0.1, 0.15) is 11.4 Å². The smallest absolute Gasteiger partial charge is 0.162 e. The minimum Gasteiger partial charge on any atom is -0.493 e. The monoisotopic (exact) mass is 387 g/mol. The van der Waals surface area contributed by atoms with Gasteiger partial charge in [0.05, 0.1) is 19.7 Å². The van der Waals surface area contributed by atoms with E-state index in [0.717, 1.165) is 26.8 Å². The Morgan fingerprint density at radius 1 is 1.04 bits per heavy atom. The zero-order valence-corrected chi connectivity index (χ0v) is 15.3. The van der Waals surface area contributed by atoms with Crippen molar-refractivity contribution in [1.82, 2.24) is 9.97 Å². The van der Waals surface area contributed by atoms with Crippen molar-refractivity contribution in [2.24, 2.45) is 0 Å². The van der Waals surface area contributed by atoms with Crippen molar-refractivity contribution in [3.8, 4) is 11.5 Å². The van der Waals surface area contributed by atoms with Gasteiger partial charge in [-0.3, -0.25) is 0 Å². The number of fused-ring (bicyclic) bond motifs is 1. The van der Waals surface area contributed by atoms with Gasteiger partial charge < -0.3 is 14.8 Å². The van der Waals surface area contributed by atoms with Crippen LogP contribution in [0.3, 0.4) is 0 Å². The first-order valence-corrected chi connectivity index (χ1v) is 8.28. The molecule has 2 aromatic carbocycles. The molecule has 124 valence electrons. The van der Waals surface area contributed by atoms with Crippen LogP contribution in [0.15, 0.2) is 40.9 Å². The Hall–Kier alpha value is -2.34. The number of benzene rings is 2. The van der Waals surface area contributed by atoms with Crippen LogP contribution >= 0.6 is 15.9 Å². The van der Waals surface area contributed by atoms with Crippen molar-refractivity contribution >= 4 is 32.7 Å². The molecule has 0 fully saturated rings. The van der Waals surface area contributed by atoms with Crippen LogP contribution < -0.4 is 14.8 Å². The maximum absolute atomic E-state index is 5.39. The minimum atomic E-state index is 0.654. The Morgan fingerprint density at radius 3 is 2.50 bits per heavy atom. The average molecular weight is 388 g/mol. The molecule has 0 bridgehead atoms. The van der Waals surface area contributed by atoms with Crippen molar-refractivity contribution in [2.75, 3.05) is 19.5 Å². The fourth-order valence-electron chi connectivity index (χ4n) is 2.54. The molecule has 0 spiro atoms. The molecule has 24 heavy (non-hydrogen) atoms. The van der Waals surface area contributed by atoms with Crippen molar-refractivity contribution < 1.29 is 9.47 Å². The highest BCUT2D eigenvalue weighted by Crippen LogP contribution is 2.34. The molecular weight excluding hydrogens is 370 g/mol. The molecule has 0 unspecified atom stereocenters. The van der Waals surface area contributed by atoms with E-state index < -0.39 is 0 Å². The summed E-state index contributed by atoms with van der Waals surface area (Å²) >= 11 is 3.49. The maximum atomic E-state index is 5.39. The molecule has 3 aromatic rings. The van der Waals surface area contributed by atoms with Gasteiger partial charge in [0.1, 0.15) is 11.6 Å². The Bertz CT molecular complexity index is 884. The molecule has 3 rings (SSSR count).